The molecule has 1 nitrogen and oxygen atoms in total. The quantitative estimate of drug-likeness (QED) is 0.609. The van der Waals surface area contributed by atoms with Crippen molar-refractivity contribution in [1.82, 2.24) is 0 Å². The van der Waals surface area contributed by atoms with Crippen molar-refractivity contribution in [1.29, 1.82) is 0 Å². The largest absolute Gasteiger partial charge is 0.333 e. The van der Waals surface area contributed by atoms with Gasteiger partial charge in [-0.1, -0.05) is 17.7 Å². The molecule has 1 aromatic carbocycles. The van der Waals surface area contributed by atoms with Crippen LogP contribution in [0.4, 0.5) is 4.39 Å². The van der Waals surface area contributed by atoms with Crippen molar-refractivity contribution in [2.75, 3.05) is 7.05 Å². The van der Waals surface area contributed by atoms with Gasteiger partial charge in [0.05, 0.1) is 0 Å². The summed E-state index contributed by atoms with van der Waals surface area (Å²) in [6, 6.07) is 5.09. The summed E-state index contributed by atoms with van der Waals surface area (Å²) in [4.78, 5) is 0. The number of aryl methyl sites for hydroxylation is 2. The van der Waals surface area contributed by atoms with Crippen LogP contribution in [0.2, 0.25) is 0 Å². The first-order valence-electron chi connectivity index (χ1n) is 3.50. The van der Waals surface area contributed by atoms with E-state index in [9.17, 15) is 4.39 Å². The molecule has 0 aliphatic heterocycles. The van der Waals surface area contributed by atoms with Crippen molar-refractivity contribution in [3.05, 3.63) is 35.1 Å². The maximum atomic E-state index is 12.5. The molecule has 0 atom stereocenters. The Kier molecular flexibility index (Phi) is 4.46. The molecule has 1 aromatic rings. The van der Waals surface area contributed by atoms with E-state index < -0.39 is 0 Å². The monoisotopic (exact) mass is 155 g/mol. The standard InChI is InChI=1S/C8H9F.CH5N/c1-6-3-4-8(9)7(2)5-6;1-2/h3-5H,1-2H3;2H2,1H3. The number of rotatable bonds is 0. The molecule has 11 heavy (non-hydrogen) atoms. The van der Waals surface area contributed by atoms with Crippen molar-refractivity contribution in [2.24, 2.45) is 5.73 Å². The number of halogens is 1. The normalized spacial score (nSPS) is 8.45. The third kappa shape index (κ3) is 3.14. The minimum Gasteiger partial charge on any atom is -0.333 e. The third-order valence-corrected chi connectivity index (χ3v) is 1.31. The average Bonchev–Trinajstić information content (AvgIpc) is 2.02. The molecule has 0 saturated heterocycles. The number of nitrogens with two attached hydrogens (primary N) is 1. The minimum atomic E-state index is -0.124. The van der Waals surface area contributed by atoms with Gasteiger partial charge in [-0.15, -0.1) is 0 Å². The van der Waals surface area contributed by atoms with Gasteiger partial charge in [0, 0.05) is 0 Å². The fraction of sp³-hybridized carbons (Fsp3) is 0.333. The van der Waals surface area contributed by atoms with E-state index in [1.54, 1.807) is 13.0 Å². The number of hydrogen-bond acceptors (Lipinski definition) is 1. The molecule has 0 bridgehead atoms. The number of hydrogen-bond donors (Lipinski definition) is 1. The smallest absolute Gasteiger partial charge is 0.126 e. The van der Waals surface area contributed by atoms with Crippen molar-refractivity contribution in [3.63, 3.8) is 0 Å². The molecule has 0 radical (unpaired) electrons. The molecular weight excluding hydrogens is 141 g/mol. The summed E-state index contributed by atoms with van der Waals surface area (Å²) in [7, 11) is 1.50. The van der Waals surface area contributed by atoms with E-state index in [1.807, 2.05) is 13.0 Å². The van der Waals surface area contributed by atoms with E-state index in [1.165, 1.54) is 13.1 Å². The SMILES string of the molecule is CN.Cc1ccc(F)c(C)c1. The first-order valence-corrected chi connectivity index (χ1v) is 3.50. The molecule has 62 valence electrons. The third-order valence-electron chi connectivity index (χ3n) is 1.31. The van der Waals surface area contributed by atoms with Crippen molar-refractivity contribution in [2.45, 2.75) is 13.8 Å². The molecule has 0 aromatic heterocycles. The van der Waals surface area contributed by atoms with E-state index >= 15 is 0 Å². The Hall–Kier alpha value is -0.890. The predicted molar refractivity (Wildman–Crippen MR) is 46.0 cm³/mol. The van der Waals surface area contributed by atoms with Gasteiger partial charge in [-0.2, -0.15) is 0 Å². The molecule has 0 aliphatic rings. The Bertz CT molecular complexity index is 221. The lowest BCUT2D eigenvalue weighted by Crippen LogP contribution is -1.81. The van der Waals surface area contributed by atoms with Gasteiger partial charge in [-0.05, 0) is 32.5 Å². The summed E-state index contributed by atoms with van der Waals surface area (Å²) < 4.78 is 12.5. The number of benzene rings is 1. The Morgan fingerprint density at radius 1 is 1.18 bits per heavy atom. The topological polar surface area (TPSA) is 26.0 Å². The van der Waals surface area contributed by atoms with Crippen LogP contribution in [0.15, 0.2) is 18.2 Å². The van der Waals surface area contributed by atoms with Crippen LogP contribution >= 0.6 is 0 Å². The predicted octanol–water partition coefficient (Wildman–Crippen LogP) is 2.02. The zero-order valence-electron chi connectivity index (χ0n) is 7.19. The van der Waals surface area contributed by atoms with Gasteiger partial charge in [-0.3, -0.25) is 0 Å². The maximum absolute atomic E-state index is 12.5. The molecule has 0 spiro atoms. The van der Waals surface area contributed by atoms with E-state index in [-0.39, 0.29) is 5.82 Å². The van der Waals surface area contributed by atoms with Crippen LogP contribution in [-0.2, 0) is 0 Å². The summed E-state index contributed by atoms with van der Waals surface area (Å²) in [5.41, 5.74) is 6.32. The molecular formula is C9H14FN. The first kappa shape index (κ1) is 10.1. The fourth-order valence-corrected chi connectivity index (χ4v) is 0.795. The zero-order valence-corrected chi connectivity index (χ0v) is 7.19. The molecule has 2 N–H and O–H groups in total. The van der Waals surface area contributed by atoms with Crippen LogP contribution in [0.3, 0.4) is 0 Å². The molecule has 0 fully saturated rings. The van der Waals surface area contributed by atoms with E-state index in [4.69, 9.17) is 0 Å². The second-order valence-electron chi connectivity index (χ2n) is 2.25. The summed E-state index contributed by atoms with van der Waals surface area (Å²) in [5, 5.41) is 0. The fourth-order valence-electron chi connectivity index (χ4n) is 0.795. The highest BCUT2D eigenvalue weighted by Gasteiger charge is 1.93. The molecule has 1 rings (SSSR count). The molecule has 0 saturated carbocycles. The second-order valence-corrected chi connectivity index (χ2v) is 2.25. The summed E-state index contributed by atoms with van der Waals surface area (Å²) in [6.45, 7) is 3.72. The first-order chi connectivity index (χ1) is 5.20. The lowest BCUT2D eigenvalue weighted by Gasteiger charge is -1.95. The Labute approximate surface area is 67.0 Å². The van der Waals surface area contributed by atoms with Gasteiger partial charge < -0.3 is 5.73 Å². The van der Waals surface area contributed by atoms with Crippen LogP contribution in [-0.4, -0.2) is 7.05 Å². The summed E-state index contributed by atoms with van der Waals surface area (Å²) in [5.74, 6) is -0.124. The molecule has 0 amide bonds. The van der Waals surface area contributed by atoms with Crippen molar-refractivity contribution < 1.29 is 4.39 Å². The highest BCUT2D eigenvalue weighted by atomic mass is 19.1. The Balaban J connectivity index is 0.000000461. The molecule has 2 heteroatoms. The average molecular weight is 155 g/mol. The highest BCUT2D eigenvalue weighted by Crippen LogP contribution is 2.06. The van der Waals surface area contributed by atoms with Crippen LogP contribution in [0, 0.1) is 19.7 Å². The molecule has 0 heterocycles. The van der Waals surface area contributed by atoms with Crippen molar-refractivity contribution >= 4 is 0 Å². The molecule has 0 unspecified atom stereocenters. The maximum Gasteiger partial charge on any atom is 0.126 e. The van der Waals surface area contributed by atoms with E-state index in [0.717, 1.165) is 11.1 Å². The summed E-state index contributed by atoms with van der Waals surface area (Å²) in [6.07, 6.45) is 0. The Morgan fingerprint density at radius 2 is 1.73 bits per heavy atom. The van der Waals surface area contributed by atoms with Gasteiger partial charge in [0.1, 0.15) is 5.82 Å². The van der Waals surface area contributed by atoms with Gasteiger partial charge >= 0.3 is 0 Å². The Morgan fingerprint density at radius 3 is 2.09 bits per heavy atom. The van der Waals surface area contributed by atoms with Crippen molar-refractivity contribution in [3.8, 4) is 0 Å². The van der Waals surface area contributed by atoms with Crippen LogP contribution < -0.4 is 5.73 Å². The lowest BCUT2D eigenvalue weighted by molar-refractivity contribution is 0.618. The van der Waals surface area contributed by atoms with Gasteiger partial charge in [0.2, 0.25) is 0 Å². The van der Waals surface area contributed by atoms with E-state index in [2.05, 4.69) is 5.73 Å². The summed E-state index contributed by atoms with van der Waals surface area (Å²) >= 11 is 0. The minimum absolute atomic E-state index is 0.124. The molecule has 0 aliphatic carbocycles. The van der Waals surface area contributed by atoms with Crippen LogP contribution in [0.25, 0.3) is 0 Å². The second kappa shape index (κ2) is 4.85. The van der Waals surface area contributed by atoms with Gasteiger partial charge in [0.15, 0.2) is 0 Å². The van der Waals surface area contributed by atoms with Crippen LogP contribution in [0.1, 0.15) is 11.1 Å². The van der Waals surface area contributed by atoms with Gasteiger partial charge in [0.25, 0.3) is 0 Å². The zero-order chi connectivity index (χ0) is 8.85. The van der Waals surface area contributed by atoms with Crippen LogP contribution in [0.5, 0.6) is 0 Å². The highest BCUT2D eigenvalue weighted by molar-refractivity contribution is 5.22. The lowest BCUT2D eigenvalue weighted by atomic mass is 10.1. The van der Waals surface area contributed by atoms with E-state index in [0.29, 0.717) is 0 Å². The van der Waals surface area contributed by atoms with Gasteiger partial charge in [-0.25, -0.2) is 4.39 Å².